The standard InChI is InChI=1S/C16H14ClN3O2S/c1-9(23-14-5-3-2-4-11(14)17)15(21)18-10-6-7-12-13(8-10)20-16(22)19-12/h2-9H,1H3,(H,18,21)(H2,19,20,22)/t9-/m0/s1. The minimum atomic E-state index is -0.309. The average molecular weight is 348 g/mol. The summed E-state index contributed by atoms with van der Waals surface area (Å²) < 4.78 is 0. The first-order chi connectivity index (χ1) is 11.0. The second-order valence-electron chi connectivity index (χ2n) is 5.02. The van der Waals surface area contributed by atoms with Gasteiger partial charge >= 0.3 is 5.69 Å². The molecule has 0 bridgehead atoms. The Morgan fingerprint density at radius 1 is 1.17 bits per heavy atom. The van der Waals surface area contributed by atoms with Crippen LogP contribution >= 0.6 is 23.4 Å². The molecule has 3 rings (SSSR count). The predicted octanol–water partition coefficient (Wildman–Crippen LogP) is 3.63. The first-order valence-electron chi connectivity index (χ1n) is 6.97. The van der Waals surface area contributed by atoms with E-state index in [1.165, 1.54) is 11.8 Å². The van der Waals surface area contributed by atoms with Gasteiger partial charge in [0, 0.05) is 10.6 Å². The minimum absolute atomic E-state index is 0.132. The van der Waals surface area contributed by atoms with Gasteiger partial charge in [-0.3, -0.25) is 4.79 Å². The van der Waals surface area contributed by atoms with Crippen molar-refractivity contribution in [1.29, 1.82) is 0 Å². The van der Waals surface area contributed by atoms with Crippen LogP contribution in [0.4, 0.5) is 5.69 Å². The third-order valence-corrected chi connectivity index (χ3v) is 4.91. The zero-order chi connectivity index (χ0) is 16.4. The van der Waals surface area contributed by atoms with Gasteiger partial charge in [-0.25, -0.2) is 4.79 Å². The lowest BCUT2D eigenvalue weighted by molar-refractivity contribution is -0.115. The van der Waals surface area contributed by atoms with Crippen molar-refractivity contribution in [3.8, 4) is 0 Å². The van der Waals surface area contributed by atoms with Crippen molar-refractivity contribution >= 4 is 46.0 Å². The van der Waals surface area contributed by atoms with Gasteiger partial charge in [0.15, 0.2) is 0 Å². The highest BCUT2D eigenvalue weighted by Crippen LogP contribution is 2.30. The highest BCUT2D eigenvalue weighted by atomic mass is 35.5. The SMILES string of the molecule is C[C@H](Sc1ccccc1Cl)C(=O)Nc1ccc2[nH]c(=O)[nH]c2c1. The van der Waals surface area contributed by atoms with Crippen molar-refractivity contribution in [2.24, 2.45) is 0 Å². The number of aromatic amines is 2. The van der Waals surface area contributed by atoms with Crippen LogP contribution < -0.4 is 11.0 Å². The van der Waals surface area contributed by atoms with Crippen LogP contribution in [0.2, 0.25) is 5.02 Å². The number of halogens is 1. The maximum Gasteiger partial charge on any atom is 0.323 e. The Labute approximate surface area is 141 Å². The topological polar surface area (TPSA) is 77.8 Å². The Morgan fingerprint density at radius 3 is 2.70 bits per heavy atom. The van der Waals surface area contributed by atoms with E-state index in [-0.39, 0.29) is 16.8 Å². The van der Waals surface area contributed by atoms with Crippen LogP contribution in [0.1, 0.15) is 6.92 Å². The fraction of sp³-hybridized carbons (Fsp3) is 0.125. The van der Waals surface area contributed by atoms with Crippen molar-refractivity contribution < 1.29 is 4.79 Å². The van der Waals surface area contributed by atoms with Crippen LogP contribution in [0.15, 0.2) is 52.2 Å². The number of benzene rings is 2. The molecule has 1 heterocycles. The first kappa shape index (κ1) is 15.7. The fourth-order valence-electron chi connectivity index (χ4n) is 2.14. The predicted molar refractivity (Wildman–Crippen MR) is 94.3 cm³/mol. The molecule has 7 heteroatoms. The highest BCUT2D eigenvalue weighted by molar-refractivity contribution is 8.00. The lowest BCUT2D eigenvalue weighted by Crippen LogP contribution is -2.22. The van der Waals surface area contributed by atoms with E-state index in [0.717, 1.165) is 4.90 Å². The summed E-state index contributed by atoms with van der Waals surface area (Å²) in [6.07, 6.45) is 0. The van der Waals surface area contributed by atoms with Crippen molar-refractivity contribution in [2.75, 3.05) is 5.32 Å². The molecule has 23 heavy (non-hydrogen) atoms. The van der Waals surface area contributed by atoms with E-state index in [1.807, 2.05) is 25.1 Å². The van der Waals surface area contributed by atoms with E-state index in [2.05, 4.69) is 15.3 Å². The molecule has 0 spiro atoms. The molecule has 0 saturated carbocycles. The lowest BCUT2D eigenvalue weighted by atomic mass is 10.2. The van der Waals surface area contributed by atoms with Crippen LogP contribution in [-0.4, -0.2) is 21.1 Å². The largest absolute Gasteiger partial charge is 0.325 e. The first-order valence-corrected chi connectivity index (χ1v) is 8.23. The molecule has 1 aromatic heterocycles. The smallest absolute Gasteiger partial charge is 0.323 e. The van der Waals surface area contributed by atoms with E-state index in [0.29, 0.717) is 21.7 Å². The van der Waals surface area contributed by atoms with Crippen LogP contribution in [0.25, 0.3) is 11.0 Å². The van der Waals surface area contributed by atoms with Gasteiger partial charge < -0.3 is 15.3 Å². The molecule has 0 unspecified atom stereocenters. The lowest BCUT2D eigenvalue weighted by Gasteiger charge is -2.13. The summed E-state index contributed by atoms with van der Waals surface area (Å²) in [6, 6.07) is 12.6. The molecule has 3 N–H and O–H groups in total. The Balaban J connectivity index is 1.72. The van der Waals surface area contributed by atoms with Gasteiger partial charge in [0.2, 0.25) is 5.91 Å². The zero-order valence-corrected chi connectivity index (χ0v) is 13.8. The van der Waals surface area contributed by atoms with Crippen molar-refractivity contribution in [3.63, 3.8) is 0 Å². The van der Waals surface area contributed by atoms with E-state index >= 15 is 0 Å². The number of hydrogen-bond acceptors (Lipinski definition) is 3. The number of nitrogens with one attached hydrogen (secondary N) is 3. The second kappa shape index (κ2) is 6.52. The summed E-state index contributed by atoms with van der Waals surface area (Å²) in [6.45, 7) is 1.82. The van der Waals surface area contributed by atoms with Gasteiger partial charge in [-0.2, -0.15) is 0 Å². The number of carbonyl (C=O) groups is 1. The zero-order valence-electron chi connectivity index (χ0n) is 12.2. The van der Waals surface area contributed by atoms with Gasteiger partial charge in [0.1, 0.15) is 0 Å². The van der Waals surface area contributed by atoms with E-state index in [9.17, 15) is 9.59 Å². The molecule has 1 atom stereocenters. The fourth-order valence-corrected chi connectivity index (χ4v) is 3.29. The minimum Gasteiger partial charge on any atom is -0.325 e. The van der Waals surface area contributed by atoms with Gasteiger partial charge in [-0.05, 0) is 37.3 Å². The number of aromatic nitrogens is 2. The normalized spacial score (nSPS) is 12.3. The molecule has 3 aromatic rings. The summed E-state index contributed by atoms with van der Waals surface area (Å²) in [5.41, 5.74) is 1.71. The number of rotatable bonds is 4. The summed E-state index contributed by atoms with van der Waals surface area (Å²) in [5.74, 6) is -0.132. The van der Waals surface area contributed by atoms with Crippen LogP contribution in [0, 0.1) is 0 Å². The molecule has 0 aliphatic heterocycles. The number of anilines is 1. The van der Waals surface area contributed by atoms with Crippen molar-refractivity contribution in [3.05, 3.63) is 58.0 Å². The highest BCUT2D eigenvalue weighted by Gasteiger charge is 2.16. The number of fused-ring (bicyclic) bond motifs is 1. The molecule has 0 saturated heterocycles. The number of carbonyl (C=O) groups excluding carboxylic acids is 1. The molecular formula is C16H14ClN3O2S. The van der Waals surface area contributed by atoms with Gasteiger partial charge in [0.25, 0.3) is 0 Å². The molecule has 1 amide bonds. The van der Waals surface area contributed by atoms with E-state index in [1.54, 1.807) is 24.3 Å². The Morgan fingerprint density at radius 2 is 1.91 bits per heavy atom. The van der Waals surface area contributed by atoms with Crippen molar-refractivity contribution in [2.45, 2.75) is 17.1 Å². The van der Waals surface area contributed by atoms with Crippen LogP contribution in [0.3, 0.4) is 0 Å². The summed E-state index contributed by atoms with van der Waals surface area (Å²) in [5, 5.41) is 3.16. The van der Waals surface area contributed by atoms with E-state index < -0.39 is 0 Å². The van der Waals surface area contributed by atoms with Gasteiger partial charge in [-0.15, -0.1) is 11.8 Å². The molecule has 2 aromatic carbocycles. The number of H-pyrrole nitrogens is 2. The Kier molecular flexibility index (Phi) is 4.45. The molecule has 0 fully saturated rings. The summed E-state index contributed by atoms with van der Waals surface area (Å²) in [4.78, 5) is 29.8. The van der Waals surface area contributed by atoms with E-state index in [4.69, 9.17) is 11.6 Å². The third kappa shape index (κ3) is 3.60. The molecule has 0 radical (unpaired) electrons. The number of thioether (sulfide) groups is 1. The third-order valence-electron chi connectivity index (χ3n) is 3.29. The quantitative estimate of drug-likeness (QED) is 0.631. The van der Waals surface area contributed by atoms with Crippen molar-refractivity contribution in [1.82, 2.24) is 9.97 Å². The molecular weight excluding hydrogens is 334 g/mol. The Bertz CT molecular complexity index is 919. The molecule has 5 nitrogen and oxygen atoms in total. The molecule has 0 aliphatic rings. The summed E-state index contributed by atoms with van der Waals surface area (Å²) >= 11 is 7.51. The number of amides is 1. The maximum absolute atomic E-state index is 12.3. The summed E-state index contributed by atoms with van der Waals surface area (Å²) in [7, 11) is 0. The maximum atomic E-state index is 12.3. The monoisotopic (exact) mass is 347 g/mol. The Hall–Kier alpha value is -2.18. The second-order valence-corrected chi connectivity index (χ2v) is 6.81. The molecule has 118 valence electrons. The number of imidazole rings is 1. The van der Waals surface area contributed by atoms with Crippen LogP contribution in [-0.2, 0) is 4.79 Å². The van der Waals surface area contributed by atoms with Gasteiger partial charge in [-0.1, -0.05) is 23.7 Å². The van der Waals surface area contributed by atoms with Crippen LogP contribution in [0.5, 0.6) is 0 Å². The molecule has 0 aliphatic carbocycles. The number of hydrogen-bond donors (Lipinski definition) is 3. The van der Waals surface area contributed by atoms with Gasteiger partial charge in [0.05, 0.1) is 21.3 Å². The average Bonchev–Trinajstić information content (AvgIpc) is 2.88.